The van der Waals surface area contributed by atoms with E-state index >= 15 is 0 Å². The van der Waals surface area contributed by atoms with Gasteiger partial charge in [0.15, 0.2) is 0 Å². The molecular formula is C27H31N3OS. The van der Waals surface area contributed by atoms with Gasteiger partial charge >= 0.3 is 6.03 Å². The highest BCUT2D eigenvalue weighted by Crippen LogP contribution is 2.27. The molecule has 4 rings (SSSR count). The Morgan fingerprint density at radius 3 is 2.09 bits per heavy atom. The third-order valence-electron chi connectivity index (χ3n) is 5.89. The zero-order valence-electron chi connectivity index (χ0n) is 18.4. The summed E-state index contributed by atoms with van der Waals surface area (Å²) in [5.74, 6) is 2.61. The molecule has 166 valence electrons. The number of para-hydroxylation sites is 1. The summed E-state index contributed by atoms with van der Waals surface area (Å²) in [7, 11) is 0. The summed E-state index contributed by atoms with van der Waals surface area (Å²) >= 11 is 2.01. The lowest BCUT2D eigenvalue weighted by molar-refractivity contribution is 0.251. The Kier molecular flexibility index (Phi) is 8.23. The van der Waals surface area contributed by atoms with Crippen molar-refractivity contribution in [2.45, 2.75) is 18.9 Å². The van der Waals surface area contributed by atoms with Crippen LogP contribution >= 0.6 is 11.8 Å². The maximum absolute atomic E-state index is 12.7. The van der Waals surface area contributed by atoms with E-state index in [1.165, 1.54) is 28.2 Å². The highest BCUT2D eigenvalue weighted by molar-refractivity contribution is 7.99. The molecule has 1 fully saturated rings. The Morgan fingerprint density at radius 1 is 0.844 bits per heavy atom. The van der Waals surface area contributed by atoms with Crippen molar-refractivity contribution in [2.24, 2.45) is 0 Å². The van der Waals surface area contributed by atoms with Gasteiger partial charge in [-0.05, 0) is 29.2 Å². The molecule has 4 nitrogen and oxygen atoms in total. The van der Waals surface area contributed by atoms with Gasteiger partial charge in [-0.2, -0.15) is 11.8 Å². The van der Waals surface area contributed by atoms with E-state index in [9.17, 15) is 4.79 Å². The minimum Gasteiger partial charge on any atom is -0.338 e. The summed E-state index contributed by atoms with van der Waals surface area (Å²) in [5.41, 5.74) is 4.60. The van der Waals surface area contributed by atoms with Crippen LogP contribution in [-0.2, 0) is 6.54 Å². The van der Waals surface area contributed by atoms with Crippen LogP contribution in [0.25, 0.3) is 0 Å². The van der Waals surface area contributed by atoms with Crippen LogP contribution in [0, 0.1) is 0 Å². The number of hydrogen-bond donors (Lipinski definition) is 2. The molecule has 3 aromatic carbocycles. The molecule has 0 aromatic heterocycles. The van der Waals surface area contributed by atoms with Crippen molar-refractivity contribution in [1.29, 1.82) is 0 Å². The maximum Gasteiger partial charge on any atom is 0.319 e. The summed E-state index contributed by atoms with van der Waals surface area (Å²) in [5, 5.41) is 6.14. The van der Waals surface area contributed by atoms with Crippen LogP contribution in [0.15, 0.2) is 84.9 Å². The molecule has 3 aromatic rings. The second-order valence-electron chi connectivity index (χ2n) is 8.09. The average molecular weight is 446 g/mol. The number of anilines is 1. The Balaban J connectivity index is 1.34. The van der Waals surface area contributed by atoms with Crippen LogP contribution in [-0.4, -0.2) is 42.1 Å². The van der Waals surface area contributed by atoms with Gasteiger partial charge in [0.2, 0.25) is 0 Å². The highest BCUT2D eigenvalue weighted by atomic mass is 32.2. The Labute approximate surface area is 195 Å². The SMILES string of the molecule is O=C(NCCC(c1ccccc1)c1ccccc1)Nc1ccccc1CN1CCSCC1. The van der Waals surface area contributed by atoms with Crippen molar-refractivity contribution in [3.8, 4) is 0 Å². The maximum atomic E-state index is 12.7. The van der Waals surface area contributed by atoms with E-state index in [4.69, 9.17) is 0 Å². The van der Waals surface area contributed by atoms with E-state index in [2.05, 4.69) is 70.1 Å². The number of benzene rings is 3. The van der Waals surface area contributed by atoms with Gasteiger partial charge in [-0.25, -0.2) is 4.79 Å². The van der Waals surface area contributed by atoms with Crippen LogP contribution in [0.4, 0.5) is 10.5 Å². The summed E-state index contributed by atoms with van der Waals surface area (Å²) in [6.07, 6.45) is 0.842. The predicted octanol–water partition coefficient (Wildman–Crippen LogP) is 5.58. The highest BCUT2D eigenvalue weighted by Gasteiger charge is 2.16. The second-order valence-corrected chi connectivity index (χ2v) is 9.31. The van der Waals surface area contributed by atoms with Crippen molar-refractivity contribution in [2.75, 3.05) is 36.5 Å². The van der Waals surface area contributed by atoms with Gasteiger partial charge in [0.05, 0.1) is 0 Å². The molecule has 32 heavy (non-hydrogen) atoms. The van der Waals surface area contributed by atoms with Gasteiger partial charge in [0.25, 0.3) is 0 Å². The molecule has 0 aliphatic carbocycles. The fourth-order valence-electron chi connectivity index (χ4n) is 4.17. The predicted molar refractivity (Wildman–Crippen MR) is 135 cm³/mol. The van der Waals surface area contributed by atoms with Crippen molar-refractivity contribution < 1.29 is 4.79 Å². The Morgan fingerprint density at radius 2 is 1.44 bits per heavy atom. The molecule has 0 radical (unpaired) electrons. The summed E-state index contributed by atoms with van der Waals surface area (Å²) in [6.45, 7) is 3.68. The molecule has 2 N–H and O–H groups in total. The molecule has 1 aliphatic heterocycles. The topological polar surface area (TPSA) is 44.4 Å². The average Bonchev–Trinajstić information content (AvgIpc) is 2.85. The number of thioether (sulfide) groups is 1. The third kappa shape index (κ3) is 6.38. The molecule has 0 bridgehead atoms. The largest absolute Gasteiger partial charge is 0.338 e. The first-order valence-corrected chi connectivity index (χ1v) is 12.5. The Hall–Kier alpha value is -2.76. The molecule has 1 heterocycles. The standard InChI is InChI=1S/C27H31N3OS/c31-27(29-26-14-8-7-13-24(26)21-30-17-19-32-20-18-30)28-16-15-25(22-9-3-1-4-10-22)23-11-5-2-6-12-23/h1-14,25H,15-21H2,(H2,28,29,31). The first-order chi connectivity index (χ1) is 15.8. The number of rotatable bonds is 8. The fourth-order valence-corrected chi connectivity index (χ4v) is 5.15. The molecule has 5 heteroatoms. The zero-order chi connectivity index (χ0) is 22.0. The van der Waals surface area contributed by atoms with Crippen molar-refractivity contribution in [3.63, 3.8) is 0 Å². The number of amides is 2. The van der Waals surface area contributed by atoms with Gasteiger partial charge in [-0.3, -0.25) is 4.90 Å². The molecule has 0 unspecified atom stereocenters. The minimum absolute atomic E-state index is 0.147. The summed E-state index contributed by atoms with van der Waals surface area (Å²) in [6, 6.07) is 29.0. The lowest BCUT2D eigenvalue weighted by Crippen LogP contribution is -2.33. The number of urea groups is 1. The van der Waals surface area contributed by atoms with E-state index in [1.54, 1.807) is 0 Å². The van der Waals surface area contributed by atoms with Crippen LogP contribution in [0.2, 0.25) is 0 Å². The van der Waals surface area contributed by atoms with Crippen molar-refractivity contribution >= 4 is 23.5 Å². The first-order valence-electron chi connectivity index (χ1n) is 11.3. The second kappa shape index (κ2) is 11.7. The molecule has 1 saturated heterocycles. The van der Waals surface area contributed by atoms with E-state index in [0.717, 1.165) is 31.7 Å². The fraction of sp³-hybridized carbons (Fsp3) is 0.296. The Bertz CT molecular complexity index is 935. The van der Waals surface area contributed by atoms with Crippen LogP contribution in [0.5, 0.6) is 0 Å². The molecule has 0 atom stereocenters. The molecular weight excluding hydrogens is 414 g/mol. The van der Waals surface area contributed by atoms with E-state index < -0.39 is 0 Å². The number of carbonyl (C=O) groups is 1. The van der Waals surface area contributed by atoms with E-state index in [1.807, 2.05) is 42.1 Å². The quantitative estimate of drug-likeness (QED) is 0.476. The van der Waals surface area contributed by atoms with Crippen LogP contribution in [0.1, 0.15) is 29.0 Å². The first kappa shape index (κ1) is 22.4. The monoisotopic (exact) mass is 445 g/mol. The number of nitrogens with zero attached hydrogens (tertiary/aromatic N) is 1. The van der Waals surface area contributed by atoms with Crippen LogP contribution in [0.3, 0.4) is 0 Å². The zero-order valence-corrected chi connectivity index (χ0v) is 19.2. The van der Waals surface area contributed by atoms with Crippen molar-refractivity contribution in [1.82, 2.24) is 10.2 Å². The van der Waals surface area contributed by atoms with Gasteiger partial charge < -0.3 is 10.6 Å². The molecule has 1 aliphatic rings. The number of carbonyl (C=O) groups excluding carboxylic acids is 1. The van der Waals surface area contributed by atoms with Crippen molar-refractivity contribution in [3.05, 3.63) is 102 Å². The normalized spacial score (nSPS) is 14.3. The molecule has 0 saturated carbocycles. The molecule has 0 spiro atoms. The van der Waals surface area contributed by atoms with Gasteiger partial charge in [0.1, 0.15) is 0 Å². The lowest BCUT2D eigenvalue weighted by Gasteiger charge is -2.27. The minimum atomic E-state index is -0.147. The summed E-state index contributed by atoms with van der Waals surface area (Å²) < 4.78 is 0. The number of hydrogen-bond acceptors (Lipinski definition) is 3. The van der Waals surface area contributed by atoms with Gasteiger partial charge in [-0.15, -0.1) is 0 Å². The van der Waals surface area contributed by atoms with Gasteiger partial charge in [0, 0.05) is 49.3 Å². The van der Waals surface area contributed by atoms with Crippen LogP contribution < -0.4 is 10.6 Å². The third-order valence-corrected chi connectivity index (χ3v) is 6.83. The smallest absolute Gasteiger partial charge is 0.319 e. The summed E-state index contributed by atoms with van der Waals surface area (Å²) in [4.78, 5) is 15.1. The lowest BCUT2D eigenvalue weighted by atomic mass is 9.88. The molecule has 2 amide bonds. The number of nitrogens with one attached hydrogen (secondary N) is 2. The van der Waals surface area contributed by atoms with E-state index in [-0.39, 0.29) is 11.9 Å². The van der Waals surface area contributed by atoms with E-state index in [0.29, 0.717) is 6.54 Å². The van der Waals surface area contributed by atoms with Gasteiger partial charge in [-0.1, -0.05) is 78.9 Å².